The van der Waals surface area contributed by atoms with E-state index in [4.69, 9.17) is 9.84 Å². The molecule has 0 aromatic heterocycles. The molecule has 2 rings (SSSR count). The zero-order chi connectivity index (χ0) is 14.0. The monoisotopic (exact) mass is 265 g/mol. The highest BCUT2D eigenvalue weighted by Gasteiger charge is 2.28. The standard InChI is InChI=1S/C13H15NO5/c1-7-11(6-12(15)16)19-10-4-3-8(13(17)18-2)5-9(10)14-7/h3-5,7,11,14H,6H2,1-2H3,(H,15,16). The lowest BCUT2D eigenvalue weighted by Gasteiger charge is -2.32. The molecule has 1 aromatic rings. The van der Waals surface area contributed by atoms with Crippen LogP contribution < -0.4 is 10.1 Å². The Kier molecular flexibility index (Phi) is 3.59. The Morgan fingerprint density at radius 3 is 2.84 bits per heavy atom. The van der Waals surface area contributed by atoms with Crippen molar-refractivity contribution in [2.75, 3.05) is 12.4 Å². The molecule has 2 N–H and O–H groups in total. The topological polar surface area (TPSA) is 84.9 Å². The Morgan fingerprint density at radius 2 is 2.21 bits per heavy atom. The number of carboxylic acid groups (broad SMARTS) is 1. The molecule has 0 amide bonds. The number of rotatable bonds is 3. The molecule has 0 aliphatic carbocycles. The van der Waals surface area contributed by atoms with Crippen molar-refractivity contribution in [2.24, 2.45) is 0 Å². The van der Waals surface area contributed by atoms with Crippen LogP contribution in [0.2, 0.25) is 0 Å². The van der Waals surface area contributed by atoms with Crippen molar-refractivity contribution in [3.05, 3.63) is 23.8 Å². The summed E-state index contributed by atoms with van der Waals surface area (Å²) >= 11 is 0. The largest absolute Gasteiger partial charge is 0.486 e. The number of benzene rings is 1. The molecular formula is C13H15NO5. The van der Waals surface area contributed by atoms with Crippen molar-refractivity contribution >= 4 is 17.6 Å². The molecule has 0 fully saturated rings. The molecular weight excluding hydrogens is 250 g/mol. The van der Waals surface area contributed by atoms with E-state index in [0.717, 1.165) is 0 Å². The SMILES string of the molecule is COC(=O)c1ccc2c(c1)NC(C)C(CC(=O)O)O2. The zero-order valence-electron chi connectivity index (χ0n) is 10.7. The molecule has 0 spiro atoms. The number of nitrogens with one attached hydrogen (secondary N) is 1. The van der Waals surface area contributed by atoms with Crippen LogP contribution in [-0.4, -0.2) is 36.3 Å². The lowest BCUT2D eigenvalue weighted by molar-refractivity contribution is -0.139. The van der Waals surface area contributed by atoms with Crippen LogP contribution in [0.1, 0.15) is 23.7 Å². The summed E-state index contributed by atoms with van der Waals surface area (Å²) in [5.74, 6) is -0.796. The van der Waals surface area contributed by atoms with Crippen molar-refractivity contribution in [3.63, 3.8) is 0 Å². The molecule has 19 heavy (non-hydrogen) atoms. The van der Waals surface area contributed by atoms with Gasteiger partial charge in [0.25, 0.3) is 0 Å². The fraction of sp³-hybridized carbons (Fsp3) is 0.385. The van der Waals surface area contributed by atoms with Crippen molar-refractivity contribution in [1.82, 2.24) is 0 Å². The van der Waals surface area contributed by atoms with E-state index in [1.165, 1.54) is 7.11 Å². The fourth-order valence-corrected chi connectivity index (χ4v) is 1.98. The molecule has 6 nitrogen and oxygen atoms in total. The molecule has 1 aliphatic rings. The number of fused-ring (bicyclic) bond motifs is 1. The van der Waals surface area contributed by atoms with Gasteiger partial charge >= 0.3 is 11.9 Å². The Morgan fingerprint density at radius 1 is 1.47 bits per heavy atom. The van der Waals surface area contributed by atoms with Gasteiger partial charge in [0, 0.05) is 0 Å². The second-order valence-corrected chi connectivity index (χ2v) is 4.39. The van der Waals surface area contributed by atoms with E-state index in [9.17, 15) is 9.59 Å². The third kappa shape index (κ3) is 2.78. The lowest BCUT2D eigenvalue weighted by atomic mass is 10.1. The molecule has 102 valence electrons. The fourth-order valence-electron chi connectivity index (χ4n) is 1.98. The van der Waals surface area contributed by atoms with Gasteiger partial charge in [-0.05, 0) is 25.1 Å². The van der Waals surface area contributed by atoms with Crippen molar-refractivity contribution in [3.8, 4) is 5.75 Å². The predicted molar refractivity (Wildman–Crippen MR) is 67.5 cm³/mol. The molecule has 6 heteroatoms. The van der Waals surface area contributed by atoms with E-state index in [1.807, 2.05) is 6.92 Å². The van der Waals surface area contributed by atoms with E-state index >= 15 is 0 Å². The minimum absolute atomic E-state index is 0.0770. The summed E-state index contributed by atoms with van der Waals surface area (Å²) in [4.78, 5) is 22.2. The minimum Gasteiger partial charge on any atom is -0.486 e. The van der Waals surface area contributed by atoms with Crippen LogP contribution in [0.4, 0.5) is 5.69 Å². The van der Waals surface area contributed by atoms with Crippen LogP contribution in [0, 0.1) is 0 Å². The number of carbonyl (C=O) groups excluding carboxylic acids is 1. The second-order valence-electron chi connectivity index (χ2n) is 4.39. The quantitative estimate of drug-likeness (QED) is 0.806. The van der Waals surface area contributed by atoms with E-state index in [2.05, 4.69) is 10.1 Å². The summed E-state index contributed by atoms with van der Waals surface area (Å²) in [5, 5.41) is 11.9. The van der Waals surface area contributed by atoms with Gasteiger partial charge in [-0.1, -0.05) is 0 Å². The summed E-state index contributed by atoms with van der Waals surface area (Å²) in [5.41, 5.74) is 1.08. The average molecular weight is 265 g/mol. The van der Waals surface area contributed by atoms with Gasteiger partial charge in [-0.25, -0.2) is 4.79 Å². The Balaban J connectivity index is 2.23. The first kappa shape index (κ1) is 13.2. The number of methoxy groups -OCH3 is 1. The first-order valence-electron chi connectivity index (χ1n) is 5.88. The van der Waals surface area contributed by atoms with E-state index in [0.29, 0.717) is 17.0 Å². The number of esters is 1. The van der Waals surface area contributed by atoms with Gasteiger partial charge in [-0.15, -0.1) is 0 Å². The summed E-state index contributed by atoms with van der Waals surface area (Å²) in [7, 11) is 1.32. The van der Waals surface area contributed by atoms with Gasteiger partial charge in [0.05, 0.1) is 30.8 Å². The van der Waals surface area contributed by atoms with Gasteiger partial charge in [-0.3, -0.25) is 4.79 Å². The molecule has 0 saturated heterocycles. The van der Waals surface area contributed by atoms with Gasteiger partial charge in [0.1, 0.15) is 11.9 Å². The van der Waals surface area contributed by atoms with Crippen LogP contribution in [0.15, 0.2) is 18.2 Å². The maximum Gasteiger partial charge on any atom is 0.337 e. The maximum atomic E-state index is 11.4. The maximum absolute atomic E-state index is 11.4. The molecule has 0 saturated carbocycles. The number of hydrogen-bond acceptors (Lipinski definition) is 5. The van der Waals surface area contributed by atoms with Crippen molar-refractivity contribution in [1.29, 1.82) is 0 Å². The normalized spacial score (nSPS) is 20.7. The van der Waals surface area contributed by atoms with Gasteiger partial charge in [0.15, 0.2) is 0 Å². The molecule has 0 radical (unpaired) electrons. The molecule has 1 aliphatic heterocycles. The molecule has 0 bridgehead atoms. The van der Waals surface area contributed by atoms with Gasteiger partial charge < -0.3 is 19.9 Å². The smallest absolute Gasteiger partial charge is 0.337 e. The Hall–Kier alpha value is -2.24. The summed E-state index contributed by atoms with van der Waals surface area (Å²) in [6, 6.07) is 4.70. The van der Waals surface area contributed by atoms with Crippen LogP contribution in [-0.2, 0) is 9.53 Å². The first-order chi connectivity index (χ1) is 9.01. The van der Waals surface area contributed by atoms with Crippen molar-refractivity contribution < 1.29 is 24.2 Å². The Bertz CT molecular complexity index is 514. The van der Waals surface area contributed by atoms with Crippen LogP contribution in [0.5, 0.6) is 5.75 Å². The average Bonchev–Trinajstić information content (AvgIpc) is 2.37. The number of carbonyl (C=O) groups is 2. The third-order valence-electron chi connectivity index (χ3n) is 3.00. The van der Waals surface area contributed by atoms with E-state index in [1.54, 1.807) is 18.2 Å². The highest BCUT2D eigenvalue weighted by Crippen LogP contribution is 2.33. The first-order valence-corrected chi connectivity index (χ1v) is 5.88. The minimum atomic E-state index is -0.909. The number of carboxylic acids is 1. The van der Waals surface area contributed by atoms with Gasteiger partial charge in [-0.2, -0.15) is 0 Å². The Labute approximate surface area is 110 Å². The summed E-state index contributed by atoms with van der Waals surface area (Å²) in [6.45, 7) is 1.83. The molecule has 1 heterocycles. The van der Waals surface area contributed by atoms with Gasteiger partial charge in [0.2, 0.25) is 0 Å². The zero-order valence-corrected chi connectivity index (χ0v) is 10.7. The van der Waals surface area contributed by atoms with Crippen LogP contribution in [0.25, 0.3) is 0 Å². The third-order valence-corrected chi connectivity index (χ3v) is 3.00. The lowest BCUT2D eigenvalue weighted by Crippen LogP contribution is -2.40. The second kappa shape index (κ2) is 5.17. The van der Waals surface area contributed by atoms with Crippen LogP contribution >= 0.6 is 0 Å². The molecule has 2 unspecified atom stereocenters. The summed E-state index contributed by atoms with van der Waals surface area (Å²) < 4.78 is 10.3. The molecule has 2 atom stereocenters. The number of hydrogen-bond donors (Lipinski definition) is 2. The number of ether oxygens (including phenoxy) is 2. The highest BCUT2D eigenvalue weighted by atomic mass is 16.5. The number of aliphatic carboxylic acids is 1. The van der Waals surface area contributed by atoms with Crippen LogP contribution in [0.3, 0.4) is 0 Å². The van der Waals surface area contributed by atoms with E-state index < -0.39 is 18.0 Å². The predicted octanol–water partition coefficient (Wildman–Crippen LogP) is 1.51. The highest BCUT2D eigenvalue weighted by molar-refractivity contribution is 5.91. The number of anilines is 1. The summed E-state index contributed by atoms with van der Waals surface area (Å²) in [6.07, 6.45) is -0.513. The van der Waals surface area contributed by atoms with Crippen molar-refractivity contribution in [2.45, 2.75) is 25.5 Å². The molecule has 1 aromatic carbocycles. The van der Waals surface area contributed by atoms with E-state index in [-0.39, 0.29) is 12.5 Å².